The van der Waals surface area contributed by atoms with Gasteiger partial charge in [-0.15, -0.1) is 0 Å². The lowest BCUT2D eigenvalue weighted by Gasteiger charge is -2.26. The number of amides is 2. The molecule has 0 radical (unpaired) electrons. The van der Waals surface area contributed by atoms with Gasteiger partial charge in [0.15, 0.2) is 0 Å². The number of carboxylic acids is 1. The van der Waals surface area contributed by atoms with E-state index in [2.05, 4.69) is 10.6 Å². The first-order valence-corrected chi connectivity index (χ1v) is 10.5. The van der Waals surface area contributed by atoms with Gasteiger partial charge in [-0.25, -0.2) is 0 Å². The van der Waals surface area contributed by atoms with Gasteiger partial charge in [-0.2, -0.15) is 0 Å². The van der Waals surface area contributed by atoms with Gasteiger partial charge in [-0.1, -0.05) is 17.7 Å². The summed E-state index contributed by atoms with van der Waals surface area (Å²) in [5, 5.41) is 14.6. The van der Waals surface area contributed by atoms with Gasteiger partial charge in [0, 0.05) is 24.2 Å². The van der Waals surface area contributed by atoms with Crippen molar-refractivity contribution in [2.45, 2.75) is 38.7 Å². The van der Waals surface area contributed by atoms with Gasteiger partial charge >= 0.3 is 5.97 Å². The van der Waals surface area contributed by atoms with E-state index in [0.717, 1.165) is 5.56 Å². The van der Waals surface area contributed by atoms with Crippen molar-refractivity contribution in [3.8, 4) is 5.75 Å². The number of rotatable bonds is 8. The second-order valence-corrected chi connectivity index (χ2v) is 7.83. The lowest BCUT2D eigenvalue weighted by molar-refractivity contribution is -0.143. The van der Waals surface area contributed by atoms with Crippen LogP contribution in [-0.4, -0.2) is 42.1 Å². The maximum absolute atomic E-state index is 12.3. The van der Waals surface area contributed by atoms with E-state index in [1.54, 1.807) is 36.4 Å². The average molecular weight is 424 g/mol. The van der Waals surface area contributed by atoms with Crippen LogP contribution in [0.4, 0.5) is 0 Å². The minimum Gasteiger partial charge on any atom is -0.490 e. The Balaban J connectivity index is 1.38. The summed E-state index contributed by atoms with van der Waals surface area (Å²) < 4.78 is 5.92. The Bertz CT molecular complexity index is 901. The largest absolute Gasteiger partial charge is 0.490 e. The first kappa shape index (κ1) is 22.3. The molecular formula is C24H28N2O5. The van der Waals surface area contributed by atoms with Gasteiger partial charge in [0.05, 0.1) is 12.0 Å². The van der Waals surface area contributed by atoms with Crippen molar-refractivity contribution < 1.29 is 24.2 Å². The van der Waals surface area contributed by atoms with Crippen LogP contribution in [0.2, 0.25) is 0 Å². The van der Waals surface area contributed by atoms with E-state index in [1.807, 2.05) is 19.1 Å². The lowest BCUT2D eigenvalue weighted by Crippen LogP contribution is -2.34. The molecule has 7 heteroatoms. The standard InChI is InChI=1S/C24H28N2O5/c1-16-2-4-17(5-3-16)22(27)25-14-15-26-23(28)18-6-10-20(11-7-18)31-21-12-8-19(9-13-21)24(29)30/h2-7,10-11,19,21H,8-9,12-15H2,1H3,(H,25,27)(H,26,28)(H,29,30)/t19-,21+. The molecule has 3 N–H and O–H groups in total. The summed E-state index contributed by atoms with van der Waals surface area (Å²) in [5.41, 5.74) is 2.18. The maximum atomic E-state index is 12.3. The van der Waals surface area contributed by atoms with Crippen molar-refractivity contribution in [2.24, 2.45) is 5.92 Å². The lowest BCUT2D eigenvalue weighted by atomic mass is 9.87. The second kappa shape index (κ2) is 10.6. The zero-order chi connectivity index (χ0) is 22.2. The van der Waals surface area contributed by atoms with Crippen molar-refractivity contribution in [2.75, 3.05) is 13.1 Å². The van der Waals surface area contributed by atoms with E-state index in [-0.39, 0.29) is 23.8 Å². The third kappa shape index (κ3) is 6.57. The molecule has 1 aliphatic rings. The summed E-state index contributed by atoms with van der Waals surface area (Å²) in [4.78, 5) is 35.4. The molecule has 3 rings (SSSR count). The van der Waals surface area contributed by atoms with Crippen LogP contribution in [0.1, 0.15) is 52.0 Å². The maximum Gasteiger partial charge on any atom is 0.306 e. The van der Waals surface area contributed by atoms with E-state index in [9.17, 15) is 14.4 Å². The van der Waals surface area contributed by atoms with E-state index in [4.69, 9.17) is 9.84 Å². The zero-order valence-electron chi connectivity index (χ0n) is 17.6. The van der Waals surface area contributed by atoms with E-state index >= 15 is 0 Å². The number of ether oxygens (including phenoxy) is 1. The van der Waals surface area contributed by atoms with Crippen LogP contribution in [0.3, 0.4) is 0 Å². The van der Waals surface area contributed by atoms with Crippen LogP contribution in [0.25, 0.3) is 0 Å². The van der Waals surface area contributed by atoms with Crippen LogP contribution < -0.4 is 15.4 Å². The molecule has 0 bridgehead atoms. The Hall–Kier alpha value is -3.35. The summed E-state index contributed by atoms with van der Waals surface area (Å²) in [6.45, 7) is 2.61. The van der Waals surface area contributed by atoms with Gasteiger partial charge in [0.1, 0.15) is 5.75 Å². The molecule has 164 valence electrons. The first-order chi connectivity index (χ1) is 14.9. The van der Waals surface area contributed by atoms with Crippen molar-refractivity contribution in [1.29, 1.82) is 0 Å². The molecule has 0 unspecified atom stereocenters. The summed E-state index contributed by atoms with van der Waals surface area (Å²) in [6.07, 6.45) is 2.69. The number of carbonyl (C=O) groups is 3. The first-order valence-electron chi connectivity index (χ1n) is 10.5. The fourth-order valence-corrected chi connectivity index (χ4v) is 3.57. The van der Waals surface area contributed by atoms with Crippen molar-refractivity contribution >= 4 is 17.8 Å². The monoisotopic (exact) mass is 424 g/mol. The van der Waals surface area contributed by atoms with Crippen LogP contribution in [0, 0.1) is 12.8 Å². The quantitative estimate of drug-likeness (QED) is 0.565. The molecule has 0 saturated heterocycles. The van der Waals surface area contributed by atoms with Gasteiger partial charge in [0.25, 0.3) is 11.8 Å². The number of aliphatic carboxylic acids is 1. The van der Waals surface area contributed by atoms with Crippen LogP contribution in [-0.2, 0) is 4.79 Å². The summed E-state index contributed by atoms with van der Waals surface area (Å²) >= 11 is 0. The van der Waals surface area contributed by atoms with Gasteiger partial charge in [-0.3, -0.25) is 14.4 Å². The van der Waals surface area contributed by atoms with Crippen LogP contribution in [0.15, 0.2) is 48.5 Å². The highest BCUT2D eigenvalue weighted by molar-refractivity contribution is 5.95. The Morgan fingerprint density at radius 1 is 0.839 bits per heavy atom. The Kier molecular flexibility index (Phi) is 7.65. The molecule has 1 fully saturated rings. The molecule has 0 aliphatic heterocycles. The molecule has 2 amide bonds. The van der Waals surface area contributed by atoms with Crippen molar-refractivity contribution in [1.82, 2.24) is 10.6 Å². The topological polar surface area (TPSA) is 105 Å². The third-order valence-electron chi connectivity index (χ3n) is 5.45. The Labute approximate surface area is 181 Å². The molecule has 0 aromatic heterocycles. The normalized spacial score (nSPS) is 18.1. The highest BCUT2D eigenvalue weighted by Crippen LogP contribution is 2.28. The Morgan fingerprint density at radius 2 is 1.32 bits per heavy atom. The zero-order valence-corrected chi connectivity index (χ0v) is 17.6. The van der Waals surface area contributed by atoms with Gasteiger partial charge < -0.3 is 20.5 Å². The fourth-order valence-electron chi connectivity index (χ4n) is 3.57. The number of aryl methyl sites for hydroxylation is 1. The summed E-state index contributed by atoms with van der Waals surface area (Å²) in [5.74, 6) is -0.733. The molecule has 31 heavy (non-hydrogen) atoms. The Morgan fingerprint density at radius 3 is 1.81 bits per heavy atom. The molecule has 2 aromatic rings. The molecule has 0 heterocycles. The van der Waals surface area contributed by atoms with E-state index in [1.165, 1.54) is 0 Å². The number of hydrogen-bond acceptors (Lipinski definition) is 4. The molecule has 2 aromatic carbocycles. The number of hydrogen-bond donors (Lipinski definition) is 3. The van der Waals surface area contributed by atoms with Crippen molar-refractivity contribution in [3.63, 3.8) is 0 Å². The van der Waals surface area contributed by atoms with Gasteiger partial charge in [0.2, 0.25) is 0 Å². The molecule has 1 saturated carbocycles. The van der Waals surface area contributed by atoms with E-state index in [0.29, 0.717) is 55.6 Å². The minimum absolute atomic E-state index is 0.00687. The minimum atomic E-state index is -0.733. The highest BCUT2D eigenvalue weighted by atomic mass is 16.5. The molecule has 0 spiro atoms. The van der Waals surface area contributed by atoms with E-state index < -0.39 is 5.97 Å². The third-order valence-corrected chi connectivity index (χ3v) is 5.45. The summed E-state index contributed by atoms with van der Waals surface area (Å²) in [6, 6.07) is 14.2. The number of benzene rings is 2. The van der Waals surface area contributed by atoms with Crippen molar-refractivity contribution in [3.05, 3.63) is 65.2 Å². The smallest absolute Gasteiger partial charge is 0.306 e. The predicted molar refractivity (Wildman–Crippen MR) is 116 cm³/mol. The molecule has 7 nitrogen and oxygen atoms in total. The molecule has 1 aliphatic carbocycles. The second-order valence-electron chi connectivity index (χ2n) is 7.83. The molecule has 0 atom stereocenters. The molecular weight excluding hydrogens is 396 g/mol. The summed E-state index contributed by atoms with van der Waals surface area (Å²) in [7, 11) is 0. The van der Waals surface area contributed by atoms with Gasteiger partial charge in [-0.05, 0) is 69.0 Å². The number of nitrogens with one attached hydrogen (secondary N) is 2. The predicted octanol–water partition coefficient (Wildman–Crippen LogP) is 3.18. The van der Waals surface area contributed by atoms with Crippen LogP contribution >= 0.6 is 0 Å². The van der Waals surface area contributed by atoms with Crippen LogP contribution in [0.5, 0.6) is 5.75 Å². The number of carboxylic acid groups (broad SMARTS) is 1. The SMILES string of the molecule is Cc1ccc(C(=O)NCCNC(=O)c2ccc(O[C@H]3CC[C@@H](C(=O)O)CC3)cc2)cc1. The fraction of sp³-hybridized carbons (Fsp3) is 0.375. The average Bonchev–Trinajstić information content (AvgIpc) is 2.78. The number of carbonyl (C=O) groups excluding carboxylic acids is 2. The highest BCUT2D eigenvalue weighted by Gasteiger charge is 2.26.